The van der Waals surface area contributed by atoms with Gasteiger partial charge in [0.25, 0.3) is 11.5 Å². The van der Waals surface area contributed by atoms with Gasteiger partial charge in [0.2, 0.25) is 5.71 Å². The summed E-state index contributed by atoms with van der Waals surface area (Å²) in [6.45, 7) is 11.9. The second-order valence-corrected chi connectivity index (χ2v) is 9.39. The number of furan rings is 1. The molecule has 32 heavy (non-hydrogen) atoms. The highest BCUT2D eigenvalue weighted by Crippen LogP contribution is 2.22. The quantitative estimate of drug-likeness (QED) is 0.613. The lowest BCUT2D eigenvalue weighted by atomic mass is 10.1. The highest BCUT2D eigenvalue weighted by Gasteiger charge is 2.26. The first-order chi connectivity index (χ1) is 15.3. The van der Waals surface area contributed by atoms with E-state index in [0.717, 1.165) is 26.1 Å². The Hall–Kier alpha value is -2.93. The number of hydrogen-bond donors (Lipinski definition) is 1. The predicted molar refractivity (Wildman–Crippen MR) is 125 cm³/mol. The maximum Gasteiger partial charge on any atom is 0.265 e. The average Bonchev–Trinajstić information content (AvgIpc) is 3.33. The van der Waals surface area contributed by atoms with E-state index in [1.807, 2.05) is 13.8 Å². The molecule has 1 N–H and O–H groups in total. The highest BCUT2D eigenvalue weighted by molar-refractivity contribution is 6.06. The van der Waals surface area contributed by atoms with Gasteiger partial charge in [0.15, 0.2) is 0 Å². The SMILES string of the molecule is Cc1ccc(CN2CC[C@@H](CNC(=O)c3c(C)oc4ncn(CC(C)C)c(=O)c34)C2)cc1. The van der Waals surface area contributed by atoms with E-state index in [-0.39, 0.29) is 22.6 Å². The number of benzene rings is 1. The molecule has 7 heteroatoms. The maximum atomic E-state index is 13.0. The Labute approximate surface area is 188 Å². The first-order valence-electron chi connectivity index (χ1n) is 11.4. The molecule has 0 radical (unpaired) electrons. The van der Waals surface area contributed by atoms with Crippen LogP contribution >= 0.6 is 0 Å². The number of aromatic nitrogens is 2. The first kappa shape index (κ1) is 22.3. The van der Waals surface area contributed by atoms with Crippen LogP contribution in [-0.4, -0.2) is 40.0 Å². The van der Waals surface area contributed by atoms with Crippen molar-refractivity contribution in [3.63, 3.8) is 0 Å². The minimum atomic E-state index is -0.264. The van der Waals surface area contributed by atoms with Gasteiger partial charge in [0, 0.05) is 26.2 Å². The van der Waals surface area contributed by atoms with Crippen molar-refractivity contribution < 1.29 is 9.21 Å². The van der Waals surface area contributed by atoms with Crippen LogP contribution in [0.5, 0.6) is 0 Å². The molecule has 3 aromatic rings. The van der Waals surface area contributed by atoms with E-state index < -0.39 is 0 Å². The van der Waals surface area contributed by atoms with Crippen LogP contribution < -0.4 is 10.9 Å². The van der Waals surface area contributed by atoms with Crippen LogP contribution in [0.4, 0.5) is 0 Å². The molecule has 3 heterocycles. The van der Waals surface area contributed by atoms with Gasteiger partial charge >= 0.3 is 0 Å². The van der Waals surface area contributed by atoms with E-state index in [9.17, 15) is 9.59 Å². The summed E-state index contributed by atoms with van der Waals surface area (Å²) in [5.41, 5.74) is 2.89. The lowest BCUT2D eigenvalue weighted by Crippen LogP contribution is -2.32. The summed E-state index contributed by atoms with van der Waals surface area (Å²) < 4.78 is 7.19. The number of nitrogens with zero attached hydrogens (tertiary/aromatic N) is 3. The monoisotopic (exact) mass is 436 g/mol. The fourth-order valence-electron chi connectivity index (χ4n) is 4.43. The van der Waals surface area contributed by atoms with E-state index in [0.29, 0.717) is 36.2 Å². The maximum absolute atomic E-state index is 13.0. The van der Waals surface area contributed by atoms with E-state index in [2.05, 4.69) is 46.4 Å². The third-order valence-electron chi connectivity index (χ3n) is 6.09. The van der Waals surface area contributed by atoms with Crippen LogP contribution in [0.1, 0.15) is 47.5 Å². The van der Waals surface area contributed by atoms with Crippen molar-refractivity contribution in [3.05, 3.63) is 63.4 Å². The van der Waals surface area contributed by atoms with Gasteiger partial charge < -0.3 is 9.73 Å². The summed E-state index contributed by atoms with van der Waals surface area (Å²) in [6.07, 6.45) is 2.54. The van der Waals surface area contributed by atoms with Crippen molar-refractivity contribution >= 4 is 17.0 Å². The zero-order chi connectivity index (χ0) is 22.8. The molecule has 7 nitrogen and oxygen atoms in total. The second-order valence-electron chi connectivity index (χ2n) is 9.39. The lowest BCUT2D eigenvalue weighted by Gasteiger charge is -2.16. The van der Waals surface area contributed by atoms with E-state index in [1.165, 1.54) is 17.5 Å². The minimum absolute atomic E-state index is 0.225. The van der Waals surface area contributed by atoms with Crippen molar-refractivity contribution in [3.8, 4) is 0 Å². The van der Waals surface area contributed by atoms with Crippen molar-refractivity contribution in [1.29, 1.82) is 0 Å². The Kier molecular flexibility index (Phi) is 6.46. The summed E-state index contributed by atoms with van der Waals surface area (Å²) in [4.78, 5) is 32.7. The molecule has 0 saturated carbocycles. The molecule has 1 atom stereocenters. The lowest BCUT2D eigenvalue weighted by molar-refractivity contribution is 0.0947. The van der Waals surface area contributed by atoms with Crippen molar-refractivity contribution in [1.82, 2.24) is 19.8 Å². The standard InChI is InChI=1S/C25H32N4O3/c1-16(2)12-29-15-27-24-22(25(29)31)21(18(4)32-24)23(30)26-11-20-9-10-28(14-20)13-19-7-5-17(3)6-8-19/h5-8,15-16,20H,9-14H2,1-4H3,(H,26,30)/t20-/m0/s1. The molecule has 0 bridgehead atoms. The Balaban J connectivity index is 1.41. The molecule has 1 aromatic carbocycles. The van der Waals surface area contributed by atoms with Gasteiger partial charge in [0.05, 0.1) is 5.56 Å². The van der Waals surface area contributed by atoms with Crippen LogP contribution in [-0.2, 0) is 13.1 Å². The van der Waals surface area contributed by atoms with Crippen LogP contribution in [0, 0.1) is 25.7 Å². The Morgan fingerprint density at radius 1 is 1.25 bits per heavy atom. The Morgan fingerprint density at radius 3 is 2.72 bits per heavy atom. The van der Waals surface area contributed by atoms with Crippen molar-refractivity contribution in [2.24, 2.45) is 11.8 Å². The van der Waals surface area contributed by atoms with Gasteiger partial charge in [-0.2, -0.15) is 0 Å². The molecule has 170 valence electrons. The summed E-state index contributed by atoms with van der Waals surface area (Å²) in [7, 11) is 0. The number of nitrogens with one attached hydrogen (secondary N) is 1. The number of carbonyl (C=O) groups excluding carboxylic acids is 1. The van der Waals surface area contributed by atoms with Gasteiger partial charge in [-0.1, -0.05) is 43.7 Å². The number of fused-ring (bicyclic) bond motifs is 1. The topological polar surface area (TPSA) is 80.4 Å². The number of likely N-dealkylation sites (tertiary alicyclic amines) is 1. The zero-order valence-corrected chi connectivity index (χ0v) is 19.4. The molecule has 1 aliphatic heterocycles. The second kappa shape index (κ2) is 9.28. The average molecular weight is 437 g/mol. The predicted octanol–water partition coefficient (Wildman–Crippen LogP) is 3.51. The molecular weight excluding hydrogens is 404 g/mol. The van der Waals surface area contributed by atoms with Gasteiger partial charge in [-0.15, -0.1) is 0 Å². The van der Waals surface area contributed by atoms with Gasteiger partial charge in [0.1, 0.15) is 17.5 Å². The molecule has 0 aliphatic carbocycles. The van der Waals surface area contributed by atoms with Crippen LogP contribution in [0.2, 0.25) is 0 Å². The molecule has 4 rings (SSSR count). The Morgan fingerprint density at radius 2 is 2.00 bits per heavy atom. The normalized spacial score (nSPS) is 16.8. The molecule has 1 fully saturated rings. The molecule has 0 spiro atoms. The number of aryl methyl sites for hydroxylation is 2. The van der Waals surface area contributed by atoms with E-state index in [1.54, 1.807) is 11.5 Å². The molecule has 1 aliphatic rings. The number of rotatable bonds is 7. The third kappa shape index (κ3) is 4.78. The summed E-state index contributed by atoms with van der Waals surface area (Å²) in [5.74, 6) is 0.845. The molecule has 2 aromatic heterocycles. The van der Waals surface area contributed by atoms with Crippen LogP contribution in [0.25, 0.3) is 11.1 Å². The first-order valence-corrected chi connectivity index (χ1v) is 11.4. The summed E-state index contributed by atoms with van der Waals surface area (Å²) >= 11 is 0. The molecule has 1 amide bonds. The smallest absolute Gasteiger partial charge is 0.265 e. The fourth-order valence-corrected chi connectivity index (χ4v) is 4.43. The van der Waals surface area contributed by atoms with Crippen molar-refractivity contribution in [2.45, 2.75) is 47.2 Å². The Bertz CT molecular complexity index is 1160. The molecular formula is C25H32N4O3. The van der Waals surface area contributed by atoms with Gasteiger partial charge in [-0.3, -0.25) is 19.1 Å². The summed E-state index contributed by atoms with van der Waals surface area (Å²) in [6, 6.07) is 8.64. The summed E-state index contributed by atoms with van der Waals surface area (Å²) in [5, 5.41) is 3.31. The van der Waals surface area contributed by atoms with E-state index in [4.69, 9.17) is 4.42 Å². The third-order valence-corrected chi connectivity index (χ3v) is 6.09. The molecule has 0 unspecified atom stereocenters. The number of amides is 1. The fraction of sp³-hybridized carbons (Fsp3) is 0.480. The van der Waals surface area contributed by atoms with Gasteiger partial charge in [-0.05, 0) is 44.2 Å². The highest BCUT2D eigenvalue weighted by atomic mass is 16.3. The zero-order valence-electron chi connectivity index (χ0n) is 19.4. The van der Waals surface area contributed by atoms with E-state index >= 15 is 0 Å². The van der Waals surface area contributed by atoms with Gasteiger partial charge in [-0.25, -0.2) is 4.98 Å². The van der Waals surface area contributed by atoms with Crippen molar-refractivity contribution in [2.75, 3.05) is 19.6 Å². The van der Waals surface area contributed by atoms with Crippen LogP contribution in [0.15, 0.2) is 39.8 Å². The number of hydrogen-bond acceptors (Lipinski definition) is 5. The number of carbonyl (C=O) groups is 1. The van der Waals surface area contributed by atoms with Crippen LogP contribution in [0.3, 0.4) is 0 Å². The largest absolute Gasteiger partial charge is 0.442 e. The minimum Gasteiger partial charge on any atom is -0.442 e. The molecule has 1 saturated heterocycles.